The topological polar surface area (TPSA) is 257 Å². The van der Waals surface area contributed by atoms with Crippen LogP contribution in [0.3, 0.4) is 0 Å². The Kier molecular flexibility index (Phi) is 22.6. The van der Waals surface area contributed by atoms with Gasteiger partial charge in [-0.05, 0) is 96.2 Å². The second-order valence-electron chi connectivity index (χ2n) is 20.4. The third-order valence-corrected chi connectivity index (χ3v) is 14.8. The fraction of sp³-hybridized carbons (Fsp3) is 0.736. The zero-order chi connectivity index (χ0) is 52.8. The molecule has 0 amide bonds. The lowest BCUT2D eigenvalue weighted by Crippen LogP contribution is -2.63. The van der Waals surface area contributed by atoms with Crippen molar-refractivity contribution in [3.8, 4) is 0 Å². The lowest BCUT2D eigenvalue weighted by molar-refractivity contribution is -0.305. The summed E-state index contributed by atoms with van der Waals surface area (Å²) in [4.78, 5) is 43.3. The van der Waals surface area contributed by atoms with Crippen molar-refractivity contribution in [2.75, 3.05) is 80.3 Å². The summed E-state index contributed by atoms with van der Waals surface area (Å²) in [5.74, 6) is -2.08. The van der Waals surface area contributed by atoms with Gasteiger partial charge in [0.1, 0.15) is 36.7 Å². The lowest BCUT2D eigenvalue weighted by Gasteiger charge is -2.47. The van der Waals surface area contributed by atoms with Gasteiger partial charge >= 0.3 is 5.97 Å². The Morgan fingerprint density at radius 3 is 2.48 bits per heavy atom. The van der Waals surface area contributed by atoms with E-state index in [2.05, 4.69) is 15.1 Å². The van der Waals surface area contributed by atoms with Crippen LogP contribution in [0.25, 0.3) is 11.0 Å². The molecule has 6 N–H and O–H groups in total. The van der Waals surface area contributed by atoms with Gasteiger partial charge in [-0.25, -0.2) is 4.98 Å². The minimum absolute atomic E-state index is 0.0619. The second-order valence-corrected chi connectivity index (χ2v) is 20.4. The summed E-state index contributed by atoms with van der Waals surface area (Å²) < 4.78 is 56.2. The first-order valence-electron chi connectivity index (χ1n) is 26.0. The molecule has 2 aromatic rings. The number of carbonyl (C=O) groups excluding carboxylic acids is 2. The van der Waals surface area contributed by atoms with Crippen LogP contribution < -0.4 is 5.73 Å². The smallest absolute Gasteiger partial charge is 0.308 e. The van der Waals surface area contributed by atoms with Crippen molar-refractivity contribution in [2.45, 2.75) is 153 Å². The Hall–Kier alpha value is -3.90. The van der Waals surface area contributed by atoms with Gasteiger partial charge in [0.05, 0.1) is 93.2 Å². The zero-order valence-corrected chi connectivity index (χ0v) is 44.3. The summed E-state index contributed by atoms with van der Waals surface area (Å²) in [6.07, 6.45) is -0.520. The Balaban J connectivity index is 1.25. The second kappa shape index (κ2) is 28.3. The third kappa shape index (κ3) is 16.1. The number of aliphatic hydroxyl groups is 3. The van der Waals surface area contributed by atoms with Crippen LogP contribution in [0.2, 0.25) is 0 Å². The predicted molar refractivity (Wildman–Crippen MR) is 271 cm³/mol. The number of imidazole rings is 1. The van der Waals surface area contributed by atoms with Gasteiger partial charge in [-0.2, -0.15) is 0 Å². The molecule has 4 heterocycles. The number of nitrogens with two attached hydrogens (primary N) is 1. The number of ether oxygens (including phenoxy) is 9. The van der Waals surface area contributed by atoms with Gasteiger partial charge in [0, 0.05) is 38.6 Å². The maximum atomic E-state index is 14.5. The molecule has 1 aromatic carbocycles. The number of aromatic nitrogens is 2. The maximum absolute atomic E-state index is 14.5. The number of benzene rings is 1. The standard InChI is InChI=1S/C53H83N5O15/c1-10-42-36(27-68-43-16-15-41(60)50(64-8)51(43)65-9)23-30(2)11-14-40(59)31(3)24-35-18-20-67-28-37(57-70-22-21-66-19-17-34-12-13-38-39(25-34)56-53(54)55-38)29-69-44(26-45(61)72-42)32(4)49(35)73-52-48(63)46(58(6)7)47(62)33(5)71-52/h11-14,23,25,31-33,35-36,41-44,46-52,60,62-63H,10,15-22,24,26-29H2,1-9H3,(H3,54,55,56)/b14-11+,30-23+,57-37+/t31-,32+,33-,35?,36-,41-,42-,43-,44-,46+,47-,48-,49-,50-,51+,52+/m1/s1. The molecular weight excluding hydrogens is 947 g/mol. The molecule has 16 atom stereocenters. The molecule has 1 unspecified atom stereocenters. The number of nitrogens with zero attached hydrogens (tertiary/aromatic N) is 3. The number of likely N-dealkylation sites (N-methyl/N-ethyl adjacent to an activating group) is 1. The number of allylic oxidation sites excluding steroid dienone is 3. The number of nitrogens with one attached hydrogen (secondary N) is 1. The van der Waals surface area contributed by atoms with Crippen LogP contribution in [0.15, 0.2) is 47.2 Å². The molecule has 20 nitrogen and oxygen atoms in total. The molecule has 73 heavy (non-hydrogen) atoms. The number of rotatable bonds is 16. The first-order chi connectivity index (χ1) is 35.0. The SMILES string of the molecule is CC[C@H]1OC(=O)C[C@H]2OC/C(=N/OCCOCCc3ccc4nc(N)[nH]c4c3)COCCC(C[C@@H](C)C(=O)/C=C/C(C)=C/[C@@H]1CO[C@@H]1CC[C@@H](O)[C@@H](OC)[C@H]1OC)[C@H](O[C@@H]1O[C@H](C)[C@@H](O)[C@H](N(C)C)[C@H]1O)[C@H]2C. The van der Waals surface area contributed by atoms with Crippen molar-refractivity contribution in [1.29, 1.82) is 0 Å². The van der Waals surface area contributed by atoms with Crippen LogP contribution in [-0.2, 0) is 63.5 Å². The number of hydrogen-bond acceptors (Lipinski definition) is 19. The Morgan fingerprint density at radius 2 is 1.74 bits per heavy atom. The molecule has 0 spiro atoms. The normalized spacial score (nSPS) is 36.4. The molecular formula is C53H83N5O15. The number of H-pyrrole nitrogens is 1. The molecule has 1 aromatic heterocycles. The number of methoxy groups -OCH3 is 2. The van der Waals surface area contributed by atoms with Crippen LogP contribution in [0.1, 0.15) is 78.7 Å². The molecule has 1 aliphatic carbocycles. The van der Waals surface area contributed by atoms with E-state index in [1.165, 1.54) is 7.11 Å². The van der Waals surface area contributed by atoms with E-state index >= 15 is 0 Å². The number of cyclic esters (lactones) is 1. The van der Waals surface area contributed by atoms with E-state index in [0.29, 0.717) is 56.8 Å². The number of hydrogen-bond donors (Lipinski definition) is 5. The molecule has 0 radical (unpaired) electrons. The van der Waals surface area contributed by atoms with Crippen molar-refractivity contribution in [1.82, 2.24) is 14.9 Å². The average molecular weight is 1030 g/mol. The molecule has 1 saturated carbocycles. The fourth-order valence-corrected chi connectivity index (χ4v) is 10.6. The largest absolute Gasteiger partial charge is 0.462 e. The molecule has 20 heteroatoms. The van der Waals surface area contributed by atoms with Gasteiger partial charge in [0.15, 0.2) is 18.0 Å². The van der Waals surface area contributed by atoms with Crippen molar-refractivity contribution < 1.29 is 72.4 Å². The van der Waals surface area contributed by atoms with E-state index < -0.39 is 97.1 Å². The number of oxime groups is 1. The highest BCUT2D eigenvalue weighted by atomic mass is 16.7. The maximum Gasteiger partial charge on any atom is 0.308 e. The number of nitrogen functional groups attached to an aromatic ring is 1. The number of anilines is 1. The highest BCUT2D eigenvalue weighted by Crippen LogP contribution is 2.36. The van der Waals surface area contributed by atoms with Gasteiger partial charge in [-0.1, -0.05) is 49.7 Å². The van der Waals surface area contributed by atoms with Gasteiger partial charge in [-0.15, -0.1) is 0 Å². The number of aliphatic hydroxyl groups excluding tert-OH is 3. The Bertz CT molecular complexity index is 2140. The molecule has 4 aliphatic rings. The summed E-state index contributed by atoms with van der Waals surface area (Å²) in [5.41, 5.74) is 9.77. The summed E-state index contributed by atoms with van der Waals surface area (Å²) >= 11 is 0. The first-order valence-corrected chi connectivity index (χ1v) is 26.0. The molecule has 3 aliphatic heterocycles. The van der Waals surface area contributed by atoms with Crippen LogP contribution in [0.5, 0.6) is 0 Å². The van der Waals surface area contributed by atoms with Crippen molar-refractivity contribution >= 4 is 34.4 Å². The lowest BCUT2D eigenvalue weighted by atomic mass is 9.79. The van der Waals surface area contributed by atoms with E-state index in [4.69, 9.17) is 53.2 Å². The van der Waals surface area contributed by atoms with E-state index in [0.717, 1.165) is 22.2 Å². The quantitative estimate of drug-likeness (QED) is 0.0907. The van der Waals surface area contributed by atoms with Crippen LogP contribution in [0.4, 0.5) is 5.95 Å². The van der Waals surface area contributed by atoms with Gasteiger partial charge < -0.3 is 78.4 Å². The number of carbonyl (C=O) groups is 2. The minimum Gasteiger partial charge on any atom is -0.462 e. The summed E-state index contributed by atoms with van der Waals surface area (Å²) in [6, 6.07) is 5.20. The summed E-state index contributed by atoms with van der Waals surface area (Å²) in [7, 11) is 6.65. The predicted octanol–water partition coefficient (Wildman–Crippen LogP) is 3.93. The number of fused-ring (bicyclic) bond motifs is 4. The van der Waals surface area contributed by atoms with Crippen LogP contribution in [0, 0.1) is 23.7 Å². The van der Waals surface area contributed by atoms with Gasteiger partial charge in [0.2, 0.25) is 0 Å². The van der Waals surface area contributed by atoms with E-state index in [1.807, 2.05) is 52.0 Å². The Morgan fingerprint density at radius 1 is 0.959 bits per heavy atom. The van der Waals surface area contributed by atoms with E-state index in [1.54, 1.807) is 45.2 Å². The summed E-state index contributed by atoms with van der Waals surface area (Å²) in [5, 5.41) is 37.9. The van der Waals surface area contributed by atoms with Crippen molar-refractivity contribution in [3.63, 3.8) is 0 Å². The number of esters is 1. The molecule has 6 rings (SSSR count). The minimum atomic E-state index is -1.25. The van der Waals surface area contributed by atoms with Gasteiger partial charge in [-0.3, -0.25) is 9.59 Å². The van der Waals surface area contributed by atoms with E-state index in [-0.39, 0.29) is 57.8 Å². The molecule has 410 valence electrons. The van der Waals surface area contributed by atoms with Gasteiger partial charge in [0.25, 0.3) is 0 Å². The highest BCUT2D eigenvalue weighted by Gasteiger charge is 2.48. The van der Waals surface area contributed by atoms with Crippen LogP contribution >= 0.6 is 0 Å². The molecule has 2 saturated heterocycles. The molecule has 2 bridgehead atoms. The van der Waals surface area contributed by atoms with Crippen molar-refractivity contribution in [2.24, 2.45) is 28.8 Å². The first kappa shape index (κ1) is 58.4. The zero-order valence-electron chi connectivity index (χ0n) is 44.3. The Labute approximate surface area is 430 Å². The molecule has 3 fully saturated rings. The summed E-state index contributed by atoms with van der Waals surface area (Å²) in [6.45, 7) is 10.7. The number of aromatic amines is 1. The number of ketones is 1. The highest BCUT2D eigenvalue weighted by molar-refractivity contribution is 5.91. The average Bonchev–Trinajstić information content (AvgIpc) is 3.73. The third-order valence-electron chi connectivity index (χ3n) is 14.8. The van der Waals surface area contributed by atoms with E-state index in [9.17, 15) is 24.9 Å². The van der Waals surface area contributed by atoms with Crippen molar-refractivity contribution in [3.05, 3.63) is 47.6 Å². The monoisotopic (exact) mass is 1030 g/mol. The van der Waals surface area contributed by atoms with Crippen LogP contribution in [-0.4, -0.2) is 196 Å². The fourth-order valence-electron chi connectivity index (χ4n) is 10.6.